The third-order valence-corrected chi connectivity index (χ3v) is 6.49. The van der Waals surface area contributed by atoms with E-state index >= 15 is 0 Å². The summed E-state index contributed by atoms with van der Waals surface area (Å²) in [6.45, 7) is 0. The van der Waals surface area contributed by atoms with Crippen LogP contribution in [-0.4, -0.2) is 38.2 Å². The summed E-state index contributed by atoms with van der Waals surface area (Å²) in [5, 5.41) is 18.7. The van der Waals surface area contributed by atoms with Gasteiger partial charge in [-0.05, 0) is 59.5 Å². The molecule has 10 heteroatoms. The smallest absolute Gasteiger partial charge is 0.294 e. The van der Waals surface area contributed by atoms with Crippen molar-refractivity contribution in [1.82, 2.24) is 25.2 Å². The molecule has 0 radical (unpaired) electrons. The Morgan fingerprint density at radius 3 is 2.42 bits per heavy atom. The van der Waals surface area contributed by atoms with E-state index in [0.717, 1.165) is 22.2 Å². The lowest BCUT2D eigenvalue weighted by molar-refractivity contribution is 0.483. The van der Waals surface area contributed by atoms with E-state index in [1.165, 1.54) is 16.9 Å². The molecule has 9 nitrogen and oxygen atoms in total. The van der Waals surface area contributed by atoms with E-state index in [4.69, 9.17) is 4.42 Å². The SMILES string of the molecule is O=S(=O)(O)c1ccc2c(ccc3nn(-c4ccc(/C=C/c5nnc(-c6ccccc6)o5)cc4)nc32)c1. The van der Waals surface area contributed by atoms with Crippen molar-refractivity contribution in [3.05, 3.63) is 96.4 Å². The number of rotatable bonds is 5. The molecule has 6 rings (SSSR count). The zero-order valence-corrected chi connectivity index (χ0v) is 19.4. The van der Waals surface area contributed by atoms with Crippen molar-refractivity contribution in [3.63, 3.8) is 0 Å². The fraction of sp³-hybridized carbons (Fsp3) is 0. The largest absolute Gasteiger partial charge is 0.417 e. The number of hydrogen-bond donors (Lipinski definition) is 1. The first kappa shape index (κ1) is 21.8. The monoisotopic (exact) mass is 495 g/mol. The Morgan fingerprint density at radius 2 is 1.64 bits per heavy atom. The van der Waals surface area contributed by atoms with Crippen molar-refractivity contribution in [2.45, 2.75) is 4.90 Å². The molecule has 2 aromatic heterocycles. The lowest BCUT2D eigenvalue weighted by Gasteiger charge is -2.01. The number of nitrogens with zero attached hydrogens (tertiary/aromatic N) is 5. The standard InChI is InChI=1S/C26H17N5O4S/c32-36(33,34)21-12-13-22-19(16-21)9-14-23-25(22)30-31(29-23)20-10-6-17(7-11-20)8-15-24-27-28-26(35-24)18-4-2-1-3-5-18/h1-16H,(H,32,33,34)/b15-8+. The van der Waals surface area contributed by atoms with Crippen LogP contribution in [0, 0.1) is 0 Å². The summed E-state index contributed by atoms with van der Waals surface area (Å²) in [5.74, 6) is 0.867. The molecule has 0 fully saturated rings. The molecule has 36 heavy (non-hydrogen) atoms. The summed E-state index contributed by atoms with van der Waals surface area (Å²) < 4.78 is 37.9. The maximum atomic E-state index is 11.5. The summed E-state index contributed by atoms with van der Waals surface area (Å²) in [6, 6.07) is 25.1. The van der Waals surface area contributed by atoms with Gasteiger partial charge in [0.1, 0.15) is 11.0 Å². The number of benzene rings is 4. The third-order valence-electron chi connectivity index (χ3n) is 5.64. The highest BCUT2D eigenvalue weighted by Gasteiger charge is 2.13. The van der Waals surface area contributed by atoms with E-state index < -0.39 is 10.1 Å². The molecule has 6 aromatic rings. The normalized spacial score (nSPS) is 12.1. The summed E-state index contributed by atoms with van der Waals surface area (Å²) >= 11 is 0. The average Bonchev–Trinajstić information content (AvgIpc) is 3.55. The summed E-state index contributed by atoms with van der Waals surface area (Å²) in [7, 11) is -4.28. The van der Waals surface area contributed by atoms with Crippen molar-refractivity contribution in [2.24, 2.45) is 0 Å². The third kappa shape index (κ3) is 4.15. The Morgan fingerprint density at radius 1 is 0.833 bits per heavy atom. The fourth-order valence-electron chi connectivity index (χ4n) is 3.85. The quantitative estimate of drug-likeness (QED) is 0.330. The van der Waals surface area contributed by atoms with Crippen molar-refractivity contribution < 1.29 is 17.4 Å². The van der Waals surface area contributed by atoms with E-state index in [9.17, 15) is 13.0 Å². The Bertz CT molecular complexity index is 1860. The van der Waals surface area contributed by atoms with Gasteiger partial charge in [-0.2, -0.15) is 13.2 Å². The molecule has 0 atom stereocenters. The summed E-state index contributed by atoms with van der Waals surface area (Å²) in [6.07, 6.45) is 3.63. The van der Waals surface area contributed by atoms with E-state index in [1.54, 1.807) is 24.3 Å². The second kappa shape index (κ2) is 8.52. The van der Waals surface area contributed by atoms with Crippen LogP contribution in [0.4, 0.5) is 0 Å². The molecule has 2 heterocycles. The van der Waals surface area contributed by atoms with Crippen molar-refractivity contribution in [3.8, 4) is 17.1 Å². The van der Waals surface area contributed by atoms with Gasteiger partial charge >= 0.3 is 0 Å². The number of hydrogen-bond acceptors (Lipinski definition) is 7. The number of aromatic nitrogens is 5. The second-order valence-electron chi connectivity index (χ2n) is 8.02. The topological polar surface area (TPSA) is 124 Å². The van der Waals surface area contributed by atoms with Crippen LogP contribution in [-0.2, 0) is 10.1 Å². The number of fused-ring (bicyclic) bond motifs is 3. The lowest BCUT2D eigenvalue weighted by atomic mass is 10.1. The predicted molar refractivity (Wildman–Crippen MR) is 135 cm³/mol. The highest BCUT2D eigenvalue weighted by atomic mass is 32.2. The molecule has 0 amide bonds. The second-order valence-corrected chi connectivity index (χ2v) is 9.44. The van der Waals surface area contributed by atoms with Gasteiger partial charge in [0.25, 0.3) is 10.1 Å². The van der Waals surface area contributed by atoms with Crippen LogP contribution in [0.15, 0.2) is 94.2 Å². The minimum absolute atomic E-state index is 0.165. The van der Waals surface area contributed by atoms with Crippen LogP contribution in [0.3, 0.4) is 0 Å². The maximum Gasteiger partial charge on any atom is 0.294 e. The lowest BCUT2D eigenvalue weighted by Crippen LogP contribution is -1.98. The summed E-state index contributed by atoms with van der Waals surface area (Å²) in [4.78, 5) is 1.36. The molecular weight excluding hydrogens is 478 g/mol. The van der Waals surface area contributed by atoms with Crippen LogP contribution in [0.1, 0.15) is 11.5 Å². The van der Waals surface area contributed by atoms with Gasteiger partial charge in [0, 0.05) is 17.0 Å². The minimum atomic E-state index is -4.28. The maximum absolute atomic E-state index is 11.5. The van der Waals surface area contributed by atoms with Gasteiger partial charge in [-0.25, -0.2) is 0 Å². The van der Waals surface area contributed by atoms with Gasteiger partial charge in [0.05, 0.1) is 10.6 Å². The van der Waals surface area contributed by atoms with Gasteiger partial charge in [0.15, 0.2) is 0 Å². The fourth-order valence-corrected chi connectivity index (χ4v) is 4.36. The molecule has 4 aromatic carbocycles. The van der Waals surface area contributed by atoms with Crippen LogP contribution in [0.5, 0.6) is 0 Å². The zero-order valence-electron chi connectivity index (χ0n) is 18.6. The zero-order chi connectivity index (χ0) is 24.7. The molecule has 0 bridgehead atoms. The molecule has 0 saturated heterocycles. The minimum Gasteiger partial charge on any atom is -0.417 e. The van der Waals surface area contributed by atoms with Crippen molar-refractivity contribution in [2.75, 3.05) is 0 Å². The first-order valence-electron chi connectivity index (χ1n) is 10.9. The Labute approximate surface area is 205 Å². The highest BCUT2D eigenvalue weighted by Crippen LogP contribution is 2.26. The van der Waals surface area contributed by atoms with E-state index in [1.807, 2.05) is 60.7 Å². The molecule has 176 valence electrons. The van der Waals surface area contributed by atoms with E-state index in [2.05, 4.69) is 20.4 Å². The molecule has 0 aliphatic rings. The highest BCUT2D eigenvalue weighted by molar-refractivity contribution is 7.85. The Balaban J connectivity index is 1.25. The first-order valence-corrected chi connectivity index (χ1v) is 12.3. The molecule has 0 saturated carbocycles. The molecule has 0 aliphatic carbocycles. The van der Waals surface area contributed by atoms with Crippen LogP contribution in [0.25, 0.3) is 51.1 Å². The van der Waals surface area contributed by atoms with Crippen molar-refractivity contribution >= 4 is 44.1 Å². The van der Waals surface area contributed by atoms with E-state index in [0.29, 0.717) is 28.2 Å². The first-order chi connectivity index (χ1) is 17.4. The average molecular weight is 496 g/mol. The Hall–Kier alpha value is -4.67. The Kier molecular flexibility index (Phi) is 5.17. The van der Waals surface area contributed by atoms with Crippen molar-refractivity contribution in [1.29, 1.82) is 0 Å². The van der Waals surface area contributed by atoms with Crippen LogP contribution < -0.4 is 0 Å². The molecule has 0 unspecified atom stereocenters. The van der Waals surface area contributed by atoms with Gasteiger partial charge < -0.3 is 4.42 Å². The summed E-state index contributed by atoms with van der Waals surface area (Å²) in [5.41, 5.74) is 3.84. The van der Waals surface area contributed by atoms with Gasteiger partial charge in [0.2, 0.25) is 11.8 Å². The predicted octanol–water partition coefficient (Wildman–Crippen LogP) is 5.04. The molecule has 1 N–H and O–H groups in total. The van der Waals surface area contributed by atoms with Crippen LogP contribution >= 0.6 is 0 Å². The molecular formula is C26H17N5O4S. The molecule has 0 spiro atoms. The van der Waals surface area contributed by atoms with E-state index in [-0.39, 0.29) is 4.90 Å². The van der Waals surface area contributed by atoms with Gasteiger partial charge in [-0.1, -0.05) is 42.5 Å². The molecule has 0 aliphatic heterocycles. The van der Waals surface area contributed by atoms with Gasteiger partial charge in [-0.15, -0.1) is 20.4 Å². The van der Waals surface area contributed by atoms with Gasteiger partial charge in [-0.3, -0.25) is 4.55 Å². The van der Waals surface area contributed by atoms with Crippen LogP contribution in [0.2, 0.25) is 0 Å².